The number of benzene rings is 1. The van der Waals surface area contributed by atoms with Crippen molar-refractivity contribution in [2.24, 2.45) is 0 Å². The molecule has 0 atom stereocenters. The molecule has 2 N–H and O–H groups in total. The van der Waals surface area contributed by atoms with Gasteiger partial charge in [-0.2, -0.15) is 0 Å². The maximum Gasteiger partial charge on any atom is 0.134 e. The standard InChI is InChI=1S/C14H17NO/c1-14(2,3)13-8-7-12(16-13)10-5-4-6-11(15)9-10/h4-9H,15H2,1-3H3. The van der Waals surface area contributed by atoms with E-state index in [4.69, 9.17) is 10.2 Å². The van der Waals surface area contributed by atoms with Gasteiger partial charge in [0.05, 0.1) is 0 Å². The third-order valence-corrected chi connectivity index (χ3v) is 2.52. The Morgan fingerprint density at radius 3 is 2.38 bits per heavy atom. The molecule has 2 aromatic rings. The molecule has 1 aromatic carbocycles. The average molecular weight is 215 g/mol. The van der Waals surface area contributed by atoms with E-state index in [1.54, 1.807) is 0 Å². The minimum atomic E-state index is 0.0403. The van der Waals surface area contributed by atoms with Gasteiger partial charge in [-0.05, 0) is 24.3 Å². The minimum Gasteiger partial charge on any atom is -0.461 e. The van der Waals surface area contributed by atoms with Crippen molar-refractivity contribution in [2.75, 3.05) is 5.73 Å². The van der Waals surface area contributed by atoms with E-state index in [0.717, 1.165) is 22.8 Å². The molecule has 0 aliphatic rings. The average Bonchev–Trinajstić information content (AvgIpc) is 2.65. The lowest BCUT2D eigenvalue weighted by Crippen LogP contribution is -2.08. The monoisotopic (exact) mass is 215 g/mol. The summed E-state index contributed by atoms with van der Waals surface area (Å²) >= 11 is 0. The summed E-state index contributed by atoms with van der Waals surface area (Å²) in [5.41, 5.74) is 7.57. The summed E-state index contributed by atoms with van der Waals surface area (Å²) in [6.45, 7) is 6.40. The van der Waals surface area contributed by atoms with Crippen LogP contribution in [0.15, 0.2) is 40.8 Å². The van der Waals surface area contributed by atoms with Gasteiger partial charge in [-0.3, -0.25) is 0 Å². The molecule has 0 saturated heterocycles. The first-order valence-electron chi connectivity index (χ1n) is 5.43. The molecule has 2 rings (SSSR count). The van der Waals surface area contributed by atoms with Crippen LogP contribution in [0.1, 0.15) is 26.5 Å². The van der Waals surface area contributed by atoms with E-state index in [-0.39, 0.29) is 5.41 Å². The maximum absolute atomic E-state index is 5.83. The summed E-state index contributed by atoms with van der Waals surface area (Å²) in [6.07, 6.45) is 0. The van der Waals surface area contributed by atoms with E-state index >= 15 is 0 Å². The fourth-order valence-corrected chi connectivity index (χ4v) is 1.59. The maximum atomic E-state index is 5.83. The number of nitrogens with two attached hydrogens (primary N) is 1. The van der Waals surface area contributed by atoms with Gasteiger partial charge in [0.2, 0.25) is 0 Å². The first-order chi connectivity index (χ1) is 7.47. The molecule has 1 aromatic heterocycles. The van der Waals surface area contributed by atoms with Gasteiger partial charge < -0.3 is 10.2 Å². The molecule has 0 radical (unpaired) electrons. The molecule has 2 nitrogen and oxygen atoms in total. The molecule has 2 heteroatoms. The van der Waals surface area contributed by atoms with Gasteiger partial charge in [-0.15, -0.1) is 0 Å². The summed E-state index contributed by atoms with van der Waals surface area (Å²) < 4.78 is 5.83. The highest BCUT2D eigenvalue weighted by Crippen LogP contribution is 2.29. The van der Waals surface area contributed by atoms with Crippen molar-refractivity contribution in [3.05, 3.63) is 42.2 Å². The lowest BCUT2D eigenvalue weighted by Gasteiger charge is -2.14. The summed E-state index contributed by atoms with van der Waals surface area (Å²) in [7, 11) is 0. The van der Waals surface area contributed by atoms with Crippen molar-refractivity contribution in [1.29, 1.82) is 0 Å². The van der Waals surface area contributed by atoms with Gasteiger partial charge in [0.1, 0.15) is 11.5 Å². The van der Waals surface area contributed by atoms with Crippen molar-refractivity contribution in [3.63, 3.8) is 0 Å². The number of nitrogen functional groups attached to an aromatic ring is 1. The quantitative estimate of drug-likeness (QED) is 0.734. The van der Waals surface area contributed by atoms with E-state index in [2.05, 4.69) is 20.8 Å². The zero-order chi connectivity index (χ0) is 11.8. The van der Waals surface area contributed by atoms with Gasteiger partial charge in [0.15, 0.2) is 0 Å². The van der Waals surface area contributed by atoms with Crippen LogP contribution in [0, 0.1) is 0 Å². The number of furan rings is 1. The zero-order valence-corrected chi connectivity index (χ0v) is 9.95. The molecule has 0 fully saturated rings. The first-order valence-corrected chi connectivity index (χ1v) is 5.43. The topological polar surface area (TPSA) is 39.2 Å². The number of hydrogen-bond donors (Lipinski definition) is 1. The van der Waals surface area contributed by atoms with Crippen molar-refractivity contribution in [3.8, 4) is 11.3 Å². The van der Waals surface area contributed by atoms with Crippen LogP contribution < -0.4 is 5.73 Å². The van der Waals surface area contributed by atoms with Crippen LogP contribution in [0.5, 0.6) is 0 Å². The van der Waals surface area contributed by atoms with Gasteiger partial charge >= 0.3 is 0 Å². The van der Waals surface area contributed by atoms with E-state index in [1.807, 2.05) is 36.4 Å². The molecule has 0 aliphatic carbocycles. The van der Waals surface area contributed by atoms with Gasteiger partial charge in [-0.1, -0.05) is 32.9 Å². The Bertz CT molecular complexity index is 491. The van der Waals surface area contributed by atoms with E-state index in [9.17, 15) is 0 Å². The summed E-state index contributed by atoms with van der Waals surface area (Å²) in [6, 6.07) is 11.8. The largest absolute Gasteiger partial charge is 0.461 e. The zero-order valence-electron chi connectivity index (χ0n) is 9.95. The van der Waals surface area contributed by atoms with E-state index in [0.29, 0.717) is 0 Å². The second-order valence-corrected chi connectivity index (χ2v) is 5.04. The Labute approximate surface area is 96.1 Å². The molecule has 0 spiro atoms. The molecule has 16 heavy (non-hydrogen) atoms. The summed E-state index contributed by atoms with van der Waals surface area (Å²) in [5.74, 6) is 1.86. The summed E-state index contributed by atoms with van der Waals surface area (Å²) in [5, 5.41) is 0. The highest BCUT2D eigenvalue weighted by molar-refractivity contribution is 5.62. The molecule has 0 unspecified atom stereocenters. The van der Waals surface area contributed by atoms with Gasteiger partial charge in [0, 0.05) is 16.7 Å². The third-order valence-electron chi connectivity index (χ3n) is 2.52. The lowest BCUT2D eigenvalue weighted by molar-refractivity contribution is 0.417. The smallest absolute Gasteiger partial charge is 0.134 e. The second kappa shape index (κ2) is 3.71. The molecule has 0 saturated carbocycles. The Morgan fingerprint density at radius 1 is 1.06 bits per heavy atom. The van der Waals surface area contributed by atoms with Crippen LogP contribution in [-0.2, 0) is 5.41 Å². The van der Waals surface area contributed by atoms with Gasteiger partial charge in [0.25, 0.3) is 0 Å². The molecule has 0 amide bonds. The fraction of sp³-hybridized carbons (Fsp3) is 0.286. The van der Waals surface area contributed by atoms with Crippen molar-refractivity contribution in [1.82, 2.24) is 0 Å². The first kappa shape index (κ1) is 10.8. The third kappa shape index (κ3) is 2.11. The van der Waals surface area contributed by atoms with Crippen molar-refractivity contribution >= 4 is 5.69 Å². The van der Waals surface area contributed by atoms with Crippen molar-refractivity contribution in [2.45, 2.75) is 26.2 Å². The van der Waals surface area contributed by atoms with E-state index in [1.165, 1.54) is 0 Å². The summed E-state index contributed by atoms with van der Waals surface area (Å²) in [4.78, 5) is 0. The fourth-order valence-electron chi connectivity index (χ4n) is 1.59. The Balaban J connectivity index is 2.39. The van der Waals surface area contributed by atoms with Crippen LogP contribution >= 0.6 is 0 Å². The number of anilines is 1. The highest BCUT2D eigenvalue weighted by atomic mass is 16.3. The van der Waals surface area contributed by atoms with E-state index < -0.39 is 0 Å². The van der Waals surface area contributed by atoms with Crippen LogP contribution in [-0.4, -0.2) is 0 Å². The molecule has 0 aliphatic heterocycles. The Hall–Kier alpha value is -1.70. The predicted molar refractivity (Wildman–Crippen MR) is 67.3 cm³/mol. The van der Waals surface area contributed by atoms with Crippen LogP contribution in [0.4, 0.5) is 5.69 Å². The van der Waals surface area contributed by atoms with Gasteiger partial charge in [-0.25, -0.2) is 0 Å². The molecule has 84 valence electrons. The normalized spacial score (nSPS) is 11.7. The Morgan fingerprint density at radius 2 is 1.81 bits per heavy atom. The van der Waals surface area contributed by atoms with Crippen LogP contribution in [0.2, 0.25) is 0 Å². The highest BCUT2D eigenvalue weighted by Gasteiger charge is 2.18. The minimum absolute atomic E-state index is 0.0403. The molecular formula is C14H17NO. The second-order valence-electron chi connectivity index (χ2n) is 5.04. The SMILES string of the molecule is CC(C)(C)c1ccc(-c2cccc(N)c2)o1. The molecule has 0 bridgehead atoms. The Kier molecular flexibility index (Phi) is 2.50. The van der Waals surface area contributed by atoms with Crippen LogP contribution in [0.25, 0.3) is 11.3 Å². The van der Waals surface area contributed by atoms with Crippen molar-refractivity contribution < 1.29 is 4.42 Å². The molecule has 1 heterocycles. The lowest BCUT2D eigenvalue weighted by atomic mass is 9.94. The molecular weight excluding hydrogens is 198 g/mol. The predicted octanol–water partition coefficient (Wildman–Crippen LogP) is 3.83. The number of hydrogen-bond acceptors (Lipinski definition) is 2. The van der Waals surface area contributed by atoms with Crippen LogP contribution in [0.3, 0.4) is 0 Å². The number of rotatable bonds is 1.